The lowest BCUT2D eigenvalue weighted by Gasteiger charge is -2.21. The van der Waals surface area contributed by atoms with E-state index >= 15 is 0 Å². The number of amides is 2. The van der Waals surface area contributed by atoms with Crippen molar-refractivity contribution in [3.63, 3.8) is 0 Å². The van der Waals surface area contributed by atoms with Crippen molar-refractivity contribution in [3.05, 3.63) is 45.6 Å². The number of rotatable bonds is 6. The van der Waals surface area contributed by atoms with Gasteiger partial charge in [-0.3, -0.25) is 4.79 Å². The van der Waals surface area contributed by atoms with Crippen LogP contribution in [0.4, 0.5) is 4.79 Å². The van der Waals surface area contributed by atoms with Crippen molar-refractivity contribution in [2.24, 2.45) is 5.92 Å². The maximum absolute atomic E-state index is 12.3. The van der Waals surface area contributed by atoms with E-state index in [4.69, 9.17) is 9.47 Å². The van der Waals surface area contributed by atoms with Crippen LogP contribution in [-0.2, 0) is 19.1 Å². The number of carbonyl (C=O) groups is 3. The summed E-state index contributed by atoms with van der Waals surface area (Å²) < 4.78 is 11.3. The maximum Gasteiger partial charge on any atom is 0.337 e. The van der Waals surface area contributed by atoms with Crippen LogP contribution in [0.1, 0.15) is 24.8 Å². The number of halogens is 1. The zero-order valence-electron chi connectivity index (χ0n) is 14.2. The highest BCUT2D eigenvalue weighted by Crippen LogP contribution is 2.48. The number of urea groups is 1. The number of carbonyl (C=O) groups excluding carboxylic acids is 3. The fraction of sp³-hybridized carbons (Fsp3) is 0.389. The summed E-state index contributed by atoms with van der Waals surface area (Å²) in [6.45, 7) is 1.80. The molecule has 0 aromatic heterocycles. The summed E-state index contributed by atoms with van der Waals surface area (Å²) in [7, 11) is 0. The number of benzene rings is 1. The van der Waals surface area contributed by atoms with E-state index in [9.17, 15) is 14.4 Å². The number of esters is 2. The Labute approximate surface area is 159 Å². The summed E-state index contributed by atoms with van der Waals surface area (Å²) in [5, 5.41) is 5.02. The Morgan fingerprint density at radius 1 is 1.31 bits per heavy atom. The van der Waals surface area contributed by atoms with Gasteiger partial charge in [0.05, 0.1) is 30.3 Å². The monoisotopic (exact) mass is 422 g/mol. The van der Waals surface area contributed by atoms with Gasteiger partial charge < -0.3 is 20.1 Å². The van der Waals surface area contributed by atoms with Gasteiger partial charge in [-0.1, -0.05) is 28.1 Å². The quantitative estimate of drug-likeness (QED) is 0.685. The molecular weight excluding hydrogens is 404 g/mol. The molecule has 1 aromatic carbocycles. The second-order valence-electron chi connectivity index (χ2n) is 6.10. The molecule has 2 amide bonds. The van der Waals surface area contributed by atoms with Gasteiger partial charge in [-0.2, -0.15) is 0 Å². The van der Waals surface area contributed by atoms with E-state index in [2.05, 4.69) is 26.6 Å². The van der Waals surface area contributed by atoms with Crippen molar-refractivity contribution in [1.29, 1.82) is 0 Å². The SMILES string of the molecule is CCOC(=O)C1=C(COC(=O)[C@@H]2C[C@H]2c2cccc(Br)c2)NC(=O)NC1. The molecule has 26 heavy (non-hydrogen) atoms. The van der Waals surface area contributed by atoms with E-state index in [0.29, 0.717) is 0 Å². The van der Waals surface area contributed by atoms with Crippen LogP contribution in [0.15, 0.2) is 40.0 Å². The third-order valence-electron chi connectivity index (χ3n) is 4.31. The highest BCUT2D eigenvalue weighted by atomic mass is 79.9. The third-order valence-corrected chi connectivity index (χ3v) is 4.80. The van der Waals surface area contributed by atoms with Crippen molar-refractivity contribution in [2.75, 3.05) is 19.8 Å². The van der Waals surface area contributed by atoms with Crippen LogP contribution in [0.25, 0.3) is 0 Å². The molecule has 1 aliphatic carbocycles. The van der Waals surface area contributed by atoms with Crippen molar-refractivity contribution < 1.29 is 23.9 Å². The molecule has 0 bridgehead atoms. The first kappa shape index (κ1) is 18.4. The van der Waals surface area contributed by atoms with E-state index < -0.39 is 12.0 Å². The average molecular weight is 423 g/mol. The number of hydrogen-bond donors (Lipinski definition) is 2. The van der Waals surface area contributed by atoms with Crippen LogP contribution in [0.3, 0.4) is 0 Å². The second kappa shape index (κ2) is 7.90. The number of hydrogen-bond acceptors (Lipinski definition) is 5. The van der Waals surface area contributed by atoms with Crippen LogP contribution < -0.4 is 10.6 Å². The van der Waals surface area contributed by atoms with Crippen molar-refractivity contribution in [2.45, 2.75) is 19.3 Å². The fourth-order valence-corrected chi connectivity index (χ4v) is 3.30. The van der Waals surface area contributed by atoms with E-state index in [1.165, 1.54) is 0 Å². The van der Waals surface area contributed by atoms with Crippen LogP contribution in [-0.4, -0.2) is 37.7 Å². The lowest BCUT2D eigenvalue weighted by molar-refractivity contribution is -0.145. The molecule has 138 valence electrons. The Balaban J connectivity index is 1.61. The molecule has 1 fully saturated rings. The largest absolute Gasteiger partial charge is 0.463 e. The maximum atomic E-state index is 12.3. The highest BCUT2D eigenvalue weighted by Gasteiger charge is 2.45. The lowest BCUT2D eigenvalue weighted by atomic mass is 10.1. The normalized spacial score (nSPS) is 21.5. The molecule has 2 N–H and O–H groups in total. The Kier molecular flexibility index (Phi) is 5.61. The van der Waals surface area contributed by atoms with Gasteiger partial charge in [0, 0.05) is 4.47 Å². The molecule has 0 radical (unpaired) electrons. The topological polar surface area (TPSA) is 93.7 Å². The molecule has 2 atom stereocenters. The Morgan fingerprint density at radius 3 is 2.85 bits per heavy atom. The van der Waals surface area contributed by atoms with Crippen molar-refractivity contribution >= 4 is 33.9 Å². The summed E-state index contributed by atoms with van der Waals surface area (Å²) in [6.07, 6.45) is 0.729. The molecule has 3 rings (SSSR count). The summed E-state index contributed by atoms with van der Waals surface area (Å²) in [4.78, 5) is 35.8. The van der Waals surface area contributed by atoms with E-state index in [1.807, 2.05) is 24.3 Å². The van der Waals surface area contributed by atoms with Gasteiger partial charge in [0.25, 0.3) is 0 Å². The zero-order chi connectivity index (χ0) is 18.7. The molecule has 2 aliphatic rings. The molecule has 0 unspecified atom stereocenters. The molecule has 1 aromatic rings. The third kappa shape index (κ3) is 4.24. The van der Waals surface area contributed by atoms with E-state index in [-0.39, 0.29) is 48.8 Å². The Morgan fingerprint density at radius 2 is 2.12 bits per heavy atom. The molecule has 7 nitrogen and oxygen atoms in total. The molecular formula is C18H19BrN2O5. The van der Waals surface area contributed by atoms with Gasteiger partial charge in [-0.15, -0.1) is 0 Å². The van der Waals surface area contributed by atoms with Crippen LogP contribution in [0, 0.1) is 5.92 Å². The van der Waals surface area contributed by atoms with Gasteiger partial charge in [-0.05, 0) is 37.0 Å². The molecule has 1 saturated carbocycles. The first-order valence-electron chi connectivity index (χ1n) is 8.35. The second-order valence-corrected chi connectivity index (χ2v) is 7.01. The first-order valence-corrected chi connectivity index (χ1v) is 9.15. The van der Waals surface area contributed by atoms with Gasteiger partial charge in [0.1, 0.15) is 6.61 Å². The van der Waals surface area contributed by atoms with Crippen molar-refractivity contribution in [3.8, 4) is 0 Å². The molecule has 8 heteroatoms. The predicted octanol–water partition coefficient (Wildman–Crippen LogP) is 2.23. The minimum atomic E-state index is -0.538. The molecule has 0 saturated heterocycles. The molecule has 0 spiro atoms. The predicted molar refractivity (Wildman–Crippen MR) is 96.1 cm³/mol. The average Bonchev–Trinajstić information content (AvgIpc) is 3.41. The highest BCUT2D eigenvalue weighted by molar-refractivity contribution is 9.10. The Bertz CT molecular complexity index is 777. The van der Waals surface area contributed by atoms with Crippen LogP contribution in [0.2, 0.25) is 0 Å². The zero-order valence-corrected chi connectivity index (χ0v) is 15.8. The van der Waals surface area contributed by atoms with Crippen molar-refractivity contribution in [1.82, 2.24) is 10.6 Å². The van der Waals surface area contributed by atoms with Crippen LogP contribution in [0.5, 0.6) is 0 Å². The molecule has 1 heterocycles. The van der Waals surface area contributed by atoms with Crippen LogP contribution >= 0.6 is 15.9 Å². The summed E-state index contributed by atoms with van der Waals surface area (Å²) in [5.74, 6) is -0.933. The minimum Gasteiger partial charge on any atom is -0.463 e. The van der Waals surface area contributed by atoms with Gasteiger partial charge in [0.15, 0.2) is 0 Å². The smallest absolute Gasteiger partial charge is 0.337 e. The standard InChI is InChI=1S/C18H19BrN2O5/c1-2-25-17(23)14-8-20-18(24)21-15(14)9-26-16(22)13-7-12(13)10-4-3-5-11(19)6-10/h3-6,12-13H,2,7-9H2,1H3,(H2,20,21,24)/t12-,13+/m0/s1. The first-order chi connectivity index (χ1) is 12.5. The van der Waals surface area contributed by atoms with Gasteiger partial charge >= 0.3 is 18.0 Å². The van der Waals surface area contributed by atoms with E-state index in [0.717, 1.165) is 16.5 Å². The van der Waals surface area contributed by atoms with E-state index in [1.54, 1.807) is 6.92 Å². The number of ether oxygens (including phenoxy) is 2. The Hall–Kier alpha value is -2.35. The summed E-state index contributed by atoms with van der Waals surface area (Å²) in [5.41, 5.74) is 1.61. The summed E-state index contributed by atoms with van der Waals surface area (Å²) >= 11 is 3.42. The fourth-order valence-electron chi connectivity index (χ4n) is 2.88. The number of nitrogens with one attached hydrogen (secondary N) is 2. The van der Waals surface area contributed by atoms with Gasteiger partial charge in [-0.25, -0.2) is 9.59 Å². The minimum absolute atomic E-state index is 0.0433. The molecule has 1 aliphatic heterocycles. The summed E-state index contributed by atoms with van der Waals surface area (Å²) in [6, 6.07) is 7.40. The van der Waals surface area contributed by atoms with Gasteiger partial charge in [0.2, 0.25) is 0 Å². The lowest BCUT2D eigenvalue weighted by Crippen LogP contribution is -2.45.